The lowest BCUT2D eigenvalue weighted by Gasteiger charge is -2.33. The molecule has 0 aliphatic heterocycles. The van der Waals surface area contributed by atoms with Gasteiger partial charge in [-0.3, -0.25) is 13.9 Å². The first kappa shape index (κ1) is 28.1. The Morgan fingerprint density at radius 1 is 0.946 bits per heavy atom. The summed E-state index contributed by atoms with van der Waals surface area (Å²) < 4.78 is 39.9. The third-order valence-electron chi connectivity index (χ3n) is 5.69. The number of anilines is 1. The van der Waals surface area contributed by atoms with Crippen LogP contribution in [0.2, 0.25) is 5.02 Å². The molecule has 3 rings (SSSR count). The minimum absolute atomic E-state index is 0.0339. The highest BCUT2D eigenvalue weighted by Crippen LogP contribution is 2.27. The summed E-state index contributed by atoms with van der Waals surface area (Å²) in [6.07, 6.45) is 1.18. The van der Waals surface area contributed by atoms with Crippen molar-refractivity contribution < 1.29 is 22.4 Å². The third-order valence-corrected chi connectivity index (χ3v) is 7.13. The first-order valence-electron chi connectivity index (χ1n) is 11.7. The molecular weight excluding hydrogens is 517 g/mol. The minimum Gasteiger partial charge on any atom is -0.355 e. The summed E-state index contributed by atoms with van der Waals surface area (Å²) in [7, 11) is -3.91. The molecule has 0 heterocycles. The molecule has 0 saturated heterocycles. The number of sulfonamides is 1. The van der Waals surface area contributed by atoms with Crippen LogP contribution in [0.4, 0.5) is 10.1 Å². The number of hydrogen-bond acceptors (Lipinski definition) is 4. The highest BCUT2D eigenvalue weighted by atomic mass is 35.5. The number of amides is 2. The summed E-state index contributed by atoms with van der Waals surface area (Å²) in [5.74, 6) is -1.43. The fourth-order valence-corrected chi connectivity index (χ4v) is 5.03. The molecule has 1 N–H and O–H groups in total. The molecule has 7 nitrogen and oxygen atoms in total. The van der Waals surface area contributed by atoms with Gasteiger partial charge in [-0.1, -0.05) is 66.2 Å². The standard InChI is InChI=1S/C27H29ClFN3O4S/c1-3-30-27(34)25(17-20-9-5-4-6-10-20)31(18-21-13-15-22(29)16-14-21)26(33)19-32(37(2,35)36)24-12-8-7-11-23(24)28/h4-16,25H,3,17-19H2,1-2H3,(H,30,34)/t25-/m0/s1. The van der Waals surface area contributed by atoms with Gasteiger partial charge in [-0.15, -0.1) is 0 Å². The number of carbonyl (C=O) groups excluding carboxylic acids is 2. The van der Waals surface area contributed by atoms with E-state index in [1.165, 1.54) is 41.3 Å². The average Bonchev–Trinajstić information content (AvgIpc) is 2.86. The van der Waals surface area contributed by atoms with Crippen LogP contribution in [0.3, 0.4) is 0 Å². The molecule has 1 atom stereocenters. The molecule has 196 valence electrons. The first-order chi connectivity index (χ1) is 17.6. The van der Waals surface area contributed by atoms with Crippen molar-refractivity contribution in [1.82, 2.24) is 10.2 Å². The van der Waals surface area contributed by atoms with Crippen molar-refractivity contribution in [2.24, 2.45) is 0 Å². The first-order valence-corrected chi connectivity index (χ1v) is 13.9. The van der Waals surface area contributed by atoms with Crippen LogP contribution >= 0.6 is 11.6 Å². The van der Waals surface area contributed by atoms with Crippen molar-refractivity contribution in [2.45, 2.75) is 25.9 Å². The topological polar surface area (TPSA) is 86.8 Å². The Kier molecular flexibility index (Phi) is 9.66. The van der Waals surface area contributed by atoms with Crippen LogP contribution in [0.5, 0.6) is 0 Å². The number of nitrogens with one attached hydrogen (secondary N) is 1. The number of carbonyl (C=O) groups is 2. The maximum atomic E-state index is 13.8. The second kappa shape index (κ2) is 12.7. The Morgan fingerprint density at radius 2 is 1.57 bits per heavy atom. The van der Waals surface area contributed by atoms with Gasteiger partial charge < -0.3 is 10.2 Å². The largest absolute Gasteiger partial charge is 0.355 e. The van der Waals surface area contributed by atoms with Crippen molar-refractivity contribution in [2.75, 3.05) is 23.7 Å². The van der Waals surface area contributed by atoms with E-state index in [2.05, 4.69) is 5.32 Å². The Labute approximate surface area is 221 Å². The maximum Gasteiger partial charge on any atom is 0.244 e. The second-order valence-electron chi connectivity index (χ2n) is 8.47. The van der Waals surface area contributed by atoms with Gasteiger partial charge in [0.2, 0.25) is 21.8 Å². The Bertz CT molecular complexity index is 1320. The van der Waals surface area contributed by atoms with Gasteiger partial charge in [0.15, 0.2) is 0 Å². The fraction of sp³-hybridized carbons (Fsp3) is 0.259. The zero-order valence-corrected chi connectivity index (χ0v) is 22.2. The third kappa shape index (κ3) is 7.77. The van der Waals surface area contributed by atoms with E-state index in [4.69, 9.17) is 11.6 Å². The summed E-state index contributed by atoms with van der Waals surface area (Å²) in [5, 5.41) is 2.94. The van der Waals surface area contributed by atoms with Crippen molar-refractivity contribution in [3.8, 4) is 0 Å². The van der Waals surface area contributed by atoms with Gasteiger partial charge in [0.1, 0.15) is 18.4 Å². The molecule has 3 aromatic rings. The number of likely N-dealkylation sites (N-methyl/N-ethyl adjacent to an activating group) is 1. The molecule has 0 aromatic heterocycles. The summed E-state index contributed by atoms with van der Waals surface area (Å²) in [5.41, 5.74) is 1.56. The smallest absolute Gasteiger partial charge is 0.244 e. The van der Waals surface area contributed by atoms with Gasteiger partial charge in [0, 0.05) is 19.5 Å². The number of para-hydroxylation sites is 1. The van der Waals surface area contributed by atoms with Gasteiger partial charge in [-0.25, -0.2) is 12.8 Å². The van der Waals surface area contributed by atoms with Gasteiger partial charge in [0.05, 0.1) is 17.0 Å². The molecule has 2 amide bonds. The quantitative estimate of drug-likeness (QED) is 0.394. The average molecular weight is 546 g/mol. The van der Waals surface area contributed by atoms with Gasteiger partial charge in [0.25, 0.3) is 0 Å². The van der Waals surface area contributed by atoms with Crippen LogP contribution in [-0.2, 0) is 32.6 Å². The molecule has 0 spiro atoms. The molecule has 0 radical (unpaired) electrons. The summed E-state index contributed by atoms with van der Waals surface area (Å²) in [6, 6.07) is 20.1. The summed E-state index contributed by atoms with van der Waals surface area (Å²) >= 11 is 6.26. The molecule has 0 saturated carbocycles. The molecular formula is C27H29ClFN3O4S. The zero-order valence-electron chi connectivity index (χ0n) is 20.6. The number of halogens is 2. The Balaban J connectivity index is 2.04. The van der Waals surface area contributed by atoms with E-state index in [9.17, 15) is 22.4 Å². The van der Waals surface area contributed by atoms with Gasteiger partial charge >= 0.3 is 0 Å². The van der Waals surface area contributed by atoms with Crippen LogP contribution in [0.25, 0.3) is 0 Å². The normalized spacial score (nSPS) is 12.0. The lowest BCUT2D eigenvalue weighted by atomic mass is 10.0. The SMILES string of the molecule is CCNC(=O)[C@H](Cc1ccccc1)N(Cc1ccc(F)cc1)C(=O)CN(c1ccccc1Cl)S(C)(=O)=O. The van der Waals surface area contributed by atoms with Gasteiger partial charge in [-0.2, -0.15) is 0 Å². The predicted octanol–water partition coefficient (Wildman–Crippen LogP) is 4.02. The van der Waals surface area contributed by atoms with Gasteiger partial charge in [-0.05, 0) is 42.3 Å². The molecule has 37 heavy (non-hydrogen) atoms. The monoisotopic (exact) mass is 545 g/mol. The Hall–Kier alpha value is -3.43. The second-order valence-corrected chi connectivity index (χ2v) is 10.8. The number of hydrogen-bond donors (Lipinski definition) is 1. The van der Waals surface area contributed by atoms with E-state index >= 15 is 0 Å². The van der Waals surface area contributed by atoms with E-state index in [-0.39, 0.29) is 29.6 Å². The maximum absolute atomic E-state index is 13.8. The van der Waals surface area contributed by atoms with Crippen LogP contribution in [0, 0.1) is 5.82 Å². The van der Waals surface area contributed by atoms with Crippen LogP contribution in [0.1, 0.15) is 18.1 Å². The lowest BCUT2D eigenvalue weighted by molar-refractivity contribution is -0.140. The fourth-order valence-electron chi connectivity index (χ4n) is 3.88. The van der Waals surface area contributed by atoms with Crippen LogP contribution in [-0.4, -0.2) is 50.5 Å². The van der Waals surface area contributed by atoms with Crippen molar-refractivity contribution in [3.63, 3.8) is 0 Å². The van der Waals surface area contributed by atoms with Crippen LogP contribution in [0.15, 0.2) is 78.9 Å². The molecule has 0 unspecified atom stereocenters. The minimum atomic E-state index is -3.91. The number of nitrogens with zero attached hydrogens (tertiary/aromatic N) is 2. The summed E-state index contributed by atoms with van der Waals surface area (Å²) in [6.45, 7) is 1.51. The van der Waals surface area contributed by atoms with Crippen molar-refractivity contribution in [1.29, 1.82) is 0 Å². The predicted molar refractivity (Wildman–Crippen MR) is 143 cm³/mol. The van der Waals surface area contributed by atoms with E-state index in [0.29, 0.717) is 12.1 Å². The highest BCUT2D eigenvalue weighted by molar-refractivity contribution is 7.92. The van der Waals surface area contributed by atoms with E-state index in [0.717, 1.165) is 16.1 Å². The lowest BCUT2D eigenvalue weighted by Crippen LogP contribution is -2.53. The van der Waals surface area contributed by atoms with E-state index < -0.39 is 34.3 Å². The van der Waals surface area contributed by atoms with E-state index in [1.807, 2.05) is 30.3 Å². The van der Waals surface area contributed by atoms with Crippen LogP contribution < -0.4 is 9.62 Å². The zero-order chi connectivity index (χ0) is 27.0. The van der Waals surface area contributed by atoms with Crippen molar-refractivity contribution in [3.05, 3.63) is 101 Å². The Morgan fingerprint density at radius 3 is 2.16 bits per heavy atom. The molecule has 0 aliphatic carbocycles. The highest BCUT2D eigenvalue weighted by Gasteiger charge is 2.33. The van der Waals surface area contributed by atoms with E-state index in [1.54, 1.807) is 19.1 Å². The number of benzene rings is 3. The molecule has 0 aliphatic rings. The van der Waals surface area contributed by atoms with Crippen molar-refractivity contribution >= 4 is 39.1 Å². The molecule has 0 bridgehead atoms. The summed E-state index contributed by atoms with van der Waals surface area (Å²) in [4.78, 5) is 28.4. The molecule has 0 fully saturated rings. The molecule has 3 aromatic carbocycles. The molecule has 10 heteroatoms. The number of rotatable bonds is 11.